The molecule has 1 atom stereocenters. The highest BCUT2D eigenvalue weighted by atomic mass is 127. The second-order valence-corrected chi connectivity index (χ2v) is 5.48. The van der Waals surface area contributed by atoms with Gasteiger partial charge >= 0.3 is 5.97 Å². The molecule has 0 aliphatic carbocycles. The Bertz CT molecular complexity index is 480. The fourth-order valence-corrected chi connectivity index (χ4v) is 2.20. The summed E-state index contributed by atoms with van der Waals surface area (Å²) >= 11 is 0. The summed E-state index contributed by atoms with van der Waals surface area (Å²) in [6.07, 6.45) is 3.24. The lowest BCUT2D eigenvalue weighted by molar-refractivity contribution is -0.143. The Labute approximate surface area is 162 Å². The average Bonchev–Trinajstić information content (AvgIpc) is 2.57. The van der Waals surface area contributed by atoms with Crippen molar-refractivity contribution in [3.05, 3.63) is 35.9 Å². The number of esters is 1. The molecule has 2 N–H and O–H groups in total. The van der Waals surface area contributed by atoms with Crippen LogP contribution in [0.5, 0.6) is 0 Å². The Balaban J connectivity index is 0.00000529. The maximum atomic E-state index is 11.3. The molecule has 0 amide bonds. The molecule has 0 aromatic heterocycles. The standard InChI is InChI=1S/C18H29N3O2.HI/c1-4-23-17(22)11-8-14-20-18(19-3)21-15(2)12-13-16-9-6-5-7-10-16;/h5-7,9-10,15H,4,8,11-14H2,1-3H3,(H2,19,20,21);1H. The number of guanidine groups is 1. The summed E-state index contributed by atoms with van der Waals surface area (Å²) in [5.41, 5.74) is 1.35. The van der Waals surface area contributed by atoms with Gasteiger partial charge < -0.3 is 15.4 Å². The number of aryl methyl sites for hydroxylation is 1. The van der Waals surface area contributed by atoms with Crippen LogP contribution in [0.25, 0.3) is 0 Å². The van der Waals surface area contributed by atoms with Crippen LogP contribution in [0.1, 0.15) is 38.7 Å². The quantitative estimate of drug-likeness (QED) is 0.201. The van der Waals surface area contributed by atoms with Gasteiger partial charge in [-0.15, -0.1) is 24.0 Å². The minimum atomic E-state index is -0.145. The fourth-order valence-electron chi connectivity index (χ4n) is 2.20. The maximum absolute atomic E-state index is 11.3. The molecule has 5 nitrogen and oxygen atoms in total. The molecule has 1 aromatic rings. The minimum Gasteiger partial charge on any atom is -0.466 e. The average molecular weight is 447 g/mol. The van der Waals surface area contributed by atoms with Crippen LogP contribution in [0.15, 0.2) is 35.3 Å². The predicted molar refractivity (Wildman–Crippen MR) is 110 cm³/mol. The Hall–Kier alpha value is -1.31. The van der Waals surface area contributed by atoms with Gasteiger partial charge in [0, 0.05) is 26.1 Å². The lowest BCUT2D eigenvalue weighted by Gasteiger charge is -2.18. The lowest BCUT2D eigenvalue weighted by Crippen LogP contribution is -2.42. The normalized spacial score (nSPS) is 12.0. The van der Waals surface area contributed by atoms with E-state index in [1.807, 2.05) is 13.0 Å². The van der Waals surface area contributed by atoms with Crippen LogP contribution >= 0.6 is 24.0 Å². The van der Waals surface area contributed by atoms with Crippen LogP contribution in [-0.2, 0) is 16.0 Å². The van der Waals surface area contributed by atoms with Gasteiger partial charge in [-0.25, -0.2) is 0 Å². The summed E-state index contributed by atoms with van der Waals surface area (Å²) in [5, 5.41) is 6.60. The number of hydrogen-bond acceptors (Lipinski definition) is 3. The zero-order valence-electron chi connectivity index (χ0n) is 14.9. The Kier molecular flexibility index (Phi) is 13.3. The smallest absolute Gasteiger partial charge is 0.305 e. The highest BCUT2D eigenvalue weighted by Crippen LogP contribution is 2.04. The number of nitrogens with zero attached hydrogens (tertiary/aromatic N) is 1. The monoisotopic (exact) mass is 447 g/mol. The number of aliphatic imine (C=N–C) groups is 1. The summed E-state index contributed by atoms with van der Waals surface area (Å²) in [6.45, 7) is 5.10. The molecule has 6 heteroatoms. The van der Waals surface area contributed by atoms with E-state index in [0.717, 1.165) is 25.2 Å². The Morgan fingerprint density at radius 3 is 2.62 bits per heavy atom. The molecular weight excluding hydrogens is 417 g/mol. The van der Waals surface area contributed by atoms with Crippen molar-refractivity contribution in [2.24, 2.45) is 4.99 Å². The second kappa shape index (κ2) is 14.1. The number of rotatable bonds is 9. The van der Waals surface area contributed by atoms with Crippen LogP contribution in [0, 0.1) is 0 Å². The first-order valence-corrected chi connectivity index (χ1v) is 8.32. The van der Waals surface area contributed by atoms with Gasteiger partial charge in [0.15, 0.2) is 5.96 Å². The van der Waals surface area contributed by atoms with E-state index in [4.69, 9.17) is 4.74 Å². The third-order valence-electron chi connectivity index (χ3n) is 3.47. The molecule has 0 aliphatic heterocycles. The lowest BCUT2D eigenvalue weighted by atomic mass is 10.1. The molecule has 1 rings (SSSR count). The van der Waals surface area contributed by atoms with Gasteiger partial charge in [0.05, 0.1) is 6.61 Å². The largest absolute Gasteiger partial charge is 0.466 e. The number of carbonyl (C=O) groups is 1. The summed E-state index contributed by atoms with van der Waals surface area (Å²) in [6, 6.07) is 10.8. The van der Waals surface area contributed by atoms with Crippen molar-refractivity contribution in [1.29, 1.82) is 0 Å². The molecule has 0 radical (unpaired) electrons. The van der Waals surface area contributed by atoms with Crippen molar-refractivity contribution >= 4 is 35.9 Å². The van der Waals surface area contributed by atoms with Crippen molar-refractivity contribution in [1.82, 2.24) is 10.6 Å². The summed E-state index contributed by atoms with van der Waals surface area (Å²) < 4.78 is 4.90. The van der Waals surface area contributed by atoms with E-state index in [-0.39, 0.29) is 29.9 Å². The molecule has 0 heterocycles. The van der Waals surface area contributed by atoms with Crippen LogP contribution in [-0.4, -0.2) is 38.2 Å². The van der Waals surface area contributed by atoms with Crippen LogP contribution in [0.2, 0.25) is 0 Å². The third kappa shape index (κ3) is 10.5. The molecule has 0 saturated heterocycles. The molecular formula is C18H30IN3O2. The van der Waals surface area contributed by atoms with Crippen molar-refractivity contribution in [3.8, 4) is 0 Å². The highest BCUT2D eigenvalue weighted by molar-refractivity contribution is 14.0. The first-order chi connectivity index (χ1) is 11.2. The topological polar surface area (TPSA) is 62.7 Å². The van der Waals surface area contributed by atoms with Gasteiger partial charge in [-0.3, -0.25) is 9.79 Å². The van der Waals surface area contributed by atoms with Gasteiger partial charge in [0.2, 0.25) is 0 Å². The second-order valence-electron chi connectivity index (χ2n) is 5.48. The minimum absolute atomic E-state index is 0. The van der Waals surface area contributed by atoms with Crippen molar-refractivity contribution < 1.29 is 9.53 Å². The van der Waals surface area contributed by atoms with E-state index in [2.05, 4.69) is 46.8 Å². The van der Waals surface area contributed by atoms with Gasteiger partial charge in [-0.1, -0.05) is 30.3 Å². The van der Waals surface area contributed by atoms with Gasteiger partial charge in [0.1, 0.15) is 0 Å². The number of benzene rings is 1. The van der Waals surface area contributed by atoms with E-state index < -0.39 is 0 Å². The molecule has 0 bridgehead atoms. The van der Waals surface area contributed by atoms with Gasteiger partial charge in [0.25, 0.3) is 0 Å². The van der Waals surface area contributed by atoms with Crippen LogP contribution in [0.4, 0.5) is 0 Å². The molecule has 24 heavy (non-hydrogen) atoms. The third-order valence-corrected chi connectivity index (χ3v) is 3.47. The van der Waals surface area contributed by atoms with Crippen LogP contribution < -0.4 is 10.6 Å². The Morgan fingerprint density at radius 2 is 2.00 bits per heavy atom. The molecule has 1 aromatic carbocycles. The number of nitrogens with one attached hydrogen (secondary N) is 2. The zero-order valence-corrected chi connectivity index (χ0v) is 17.2. The van der Waals surface area contributed by atoms with Crippen molar-refractivity contribution in [3.63, 3.8) is 0 Å². The highest BCUT2D eigenvalue weighted by Gasteiger charge is 2.06. The molecule has 0 aliphatic rings. The first kappa shape index (κ1) is 22.7. The van der Waals surface area contributed by atoms with E-state index in [1.54, 1.807) is 7.05 Å². The summed E-state index contributed by atoms with van der Waals surface area (Å²) in [4.78, 5) is 15.5. The molecule has 136 valence electrons. The first-order valence-electron chi connectivity index (χ1n) is 8.32. The van der Waals surface area contributed by atoms with E-state index in [9.17, 15) is 4.79 Å². The number of carbonyl (C=O) groups excluding carboxylic acids is 1. The maximum Gasteiger partial charge on any atom is 0.305 e. The zero-order chi connectivity index (χ0) is 16.9. The predicted octanol–water partition coefficient (Wildman–Crippen LogP) is 3.13. The molecule has 0 spiro atoms. The molecule has 0 saturated carbocycles. The molecule has 1 unspecified atom stereocenters. The van der Waals surface area contributed by atoms with Gasteiger partial charge in [-0.05, 0) is 38.7 Å². The van der Waals surface area contributed by atoms with E-state index in [0.29, 0.717) is 25.6 Å². The number of ether oxygens (including phenoxy) is 1. The molecule has 0 fully saturated rings. The van der Waals surface area contributed by atoms with Crippen molar-refractivity contribution in [2.75, 3.05) is 20.2 Å². The fraction of sp³-hybridized carbons (Fsp3) is 0.556. The summed E-state index contributed by atoms with van der Waals surface area (Å²) in [7, 11) is 1.75. The van der Waals surface area contributed by atoms with Crippen molar-refractivity contribution in [2.45, 2.75) is 45.6 Å². The van der Waals surface area contributed by atoms with Gasteiger partial charge in [-0.2, -0.15) is 0 Å². The number of halogens is 1. The van der Waals surface area contributed by atoms with E-state index in [1.165, 1.54) is 5.56 Å². The number of hydrogen-bond donors (Lipinski definition) is 2. The van der Waals surface area contributed by atoms with Crippen LogP contribution in [0.3, 0.4) is 0 Å². The SMILES string of the molecule is CCOC(=O)CCCNC(=NC)NC(C)CCc1ccccc1.I. The Morgan fingerprint density at radius 1 is 1.29 bits per heavy atom. The van der Waals surface area contributed by atoms with E-state index >= 15 is 0 Å². The summed E-state index contributed by atoms with van der Waals surface area (Å²) in [5.74, 6) is 0.628.